The lowest BCUT2D eigenvalue weighted by Gasteiger charge is -2.49. The third kappa shape index (κ3) is 9.35. The fourth-order valence-electron chi connectivity index (χ4n) is 5.08. The first-order chi connectivity index (χ1) is 23.9. The number of hydrogen-bond donors (Lipinski definition) is 6. The molecule has 272 valence electrons. The van der Waals surface area contributed by atoms with Crippen molar-refractivity contribution in [3.8, 4) is 0 Å². The van der Waals surface area contributed by atoms with Gasteiger partial charge in [0.15, 0.2) is 10.8 Å². The molecule has 1 saturated heterocycles. The largest absolute Gasteiger partial charge is 0.477 e. The van der Waals surface area contributed by atoms with Crippen molar-refractivity contribution >= 4 is 75.3 Å². The van der Waals surface area contributed by atoms with Crippen LogP contribution >= 0.6 is 34.9 Å². The minimum Gasteiger partial charge on any atom is -0.477 e. The second-order valence-corrected chi connectivity index (χ2v) is 14.6. The average Bonchev–Trinajstić information content (AvgIpc) is 3.71. The SMILES string of the molecule is CO/N=C(\C(=O)N[C@@H]1C(=O)N2C(C(=O)O)=C(CSc3nnnn3C)CS[C@@H]12)c1csc(NC(=O)[C@H](CCCCN)NC(=O)[C@@H](N)CC(C)C)n1. The number of nitrogens with zero attached hydrogens (tertiary/aromatic N) is 7. The van der Waals surface area contributed by atoms with Crippen LogP contribution in [0.3, 0.4) is 0 Å². The first kappa shape index (κ1) is 38.7. The molecule has 0 radical (unpaired) electrons. The van der Waals surface area contributed by atoms with E-state index in [2.05, 4.69) is 41.6 Å². The zero-order valence-corrected chi connectivity index (χ0v) is 30.3. The third-order valence-corrected chi connectivity index (χ3v) is 10.7. The number of thiazole rings is 1. The van der Waals surface area contributed by atoms with Crippen LogP contribution < -0.4 is 27.4 Å². The smallest absolute Gasteiger partial charge is 0.352 e. The molecule has 1 fully saturated rings. The molecule has 2 aromatic heterocycles. The Hall–Kier alpha value is -4.12. The predicted molar refractivity (Wildman–Crippen MR) is 186 cm³/mol. The third-order valence-electron chi connectivity index (χ3n) is 7.51. The number of aryl methyl sites for hydroxylation is 1. The molecule has 2 aliphatic rings. The van der Waals surface area contributed by atoms with Gasteiger partial charge in [-0.05, 0) is 54.1 Å². The summed E-state index contributed by atoms with van der Waals surface area (Å²) in [6.45, 7) is 4.31. The van der Waals surface area contributed by atoms with E-state index in [0.717, 1.165) is 16.2 Å². The Labute approximate surface area is 299 Å². The minimum absolute atomic E-state index is 0.0518. The quantitative estimate of drug-likeness (QED) is 0.0367. The molecule has 0 bridgehead atoms. The maximum atomic E-state index is 13.4. The number of hydrogen-bond acceptors (Lipinski definition) is 16. The van der Waals surface area contributed by atoms with E-state index >= 15 is 0 Å². The number of nitrogens with two attached hydrogens (primary N) is 2. The second kappa shape index (κ2) is 17.7. The number of oxime groups is 1. The maximum absolute atomic E-state index is 13.4. The zero-order valence-electron chi connectivity index (χ0n) is 27.8. The summed E-state index contributed by atoms with van der Waals surface area (Å²) in [5.74, 6) is -2.90. The number of rotatable bonds is 18. The van der Waals surface area contributed by atoms with E-state index in [1.54, 1.807) is 7.05 Å². The lowest BCUT2D eigenvalue weighted by Crippen LogP contribution is -2.71. The lowest BCUT2D eigenvalue weighted by atomic mass is 10.0. The molecule has 0 aromatic carbocycles. The number of carboxylic acids is 1. The van der Waals surface area contributed by atoms with Gasteiger partial charge in [-0.15, -0.1) is 28.2 Å². The summed E-state index contributed by atoms with van der Waals surface area (Å²) < 4.78 is 1.45. The summed E-state index contributed by atoms with van der Waals surface area (Å²) in [6, 6.07) is -2.72. The van der Waals surface area contributed by atoms with Gasteiger partial charge in [0.05, 0.1) is 6.04 Å². The van der Waals surface area contributed by atoms with E-state index < -0.39 is 53.1 Å². The van der Waals surface area contributed by atoms with Crippen molar-refractivity contribution in [2.24, 2.45) is 29.6 Å². The number of amides is 4. The van der Waals surface area contributed by atoms with Gasteiger partial charge >= 0.3 is 5.97 Å². The molecule has 4 heterocycles. The van der Waals surface area contributed by atoms with Gasteiger partial charge in [0.2, 0.25) is 17.0 Å². The van der Waals surface area contributed by atoms with Gasteiger partial charge in [-0.2, -0.15) is 0 Å². The van der Waals surface area contributed by atoms with Crippen molar-refractivity contribution in [2.75, 3.05) is 30.5 Å². The zero-order chi connectivity index (χ0) is 36.5. The lowest BCUT2D eigenvalue weighted by molar-refractivity contribution is -0.150. The van der Waals surface area contributed by atoms with Crippen LogP contribution in [0.15, 0.2) is 27.0 Å². The highest BCUT2D eigenvalue weighted by atomic mass is 32.2. The summed E-state index contributed by atoms with van der Waals surface area (Å²) in [5.41, 5.74) is 11.8. The van der Waals surface area contributed by atoms with E-state index in [0.29, 0.717) is 48.7 Å². The van der Waals surface area contributed by atoms with Crippen LogP contribution in [-0.4, -0.2) is 119 Å². The Morgan fingerprint density at radius 3 is 2.64 bits per heavy atom. The van der Waals surface area contributed by atoms with Gasteiger partial charge in [0, 0.05) is 23.9 Å². The molecule has 2 aromatic rings. The van der Waals surface area contributed by atoms with Gasteiger partial charge < -0.3 is 37.4 Å². The van der Waals surface area contributed by atoms with E-state index in [1.165, 1.54) is 40.7 Å². The molecule has 4 amide bonds. The summed E-state index contributed by atoms with van der Waals surface area (Å²) in [6.07, 6.45) is 2.02. The van der Waals surface area contributed by atoms with Gasteiger partial charge in [-0.3, -0.25) is 24.1 Å². The number of fused-ring (bicyclic) bond motifs is 1. The van der Waals surface area contributed by atoms with Gasteiger partial charge in [0.1, 0.15) is 36.0 Å². The van der Waals surface area contributed by atoms with Crippen molar-refractivity contribution in [1.29, 1.82) is 0 Å². The number of anilines is 1. The molecular formula is C28H40N12O7S3. The number of carbonyl (C=O) groups excluding carboxylic acids is 4. The van der Waals surface area contributed by atoms with Crippen molar-refractivity contribution in [3.63, 3.8) is 0 Å². The summed E-state index contributed by atoms with van der Waals surface area (Å²) >= 11 is 3.56. The molecule has 50 heavy (non-hydrogen) atoms. The Balaban J connectivity index is 1.42. The number of tetrazole rings is 1. The molecule has 2 aliphatic heterocycles. The van der Waals surface area contributed by atoms with E-state index in [-0.39, 0.29) is 33.9 Å². The number of β-lactam (4-membered cyclic amide) rings is 1. The number of nitrogens with one attached hydrogen (secondary N) is 3. The normalized spacial score (nSPS) is 18.7. The van der Waals surface area contributed by atoms with E-state index in [1.807, 2.05) is 13.8 Å². The van der Waals surface area contributed by atoms with Crippen LogP contribution in [0, 0.1) is 5.92 Å². The highest BCUT2D eigenvalue weighted by Crippen LogP contribution is 2.41. The van der Waals surface area contributed by atoms with Crippen LogP contribution in [0.5, 0.6) is 0 Å². The molecule has 0 aliphatic carbocycles. The standard InChI is InChI=1S/C28H40N12O7S3/c1-13(2)9-15(30)21(41)31-16(7-5-6-8-29)22(42)34-27-32-17(12-49-27)18(36-47-4)23(43)33-19-24(44)40-20(26(45)46)14(10-48-25(19)40)11-50-28-35-37-38-39(28)3/h12-13,15-16,19,25H,5-11,29-30H2,1-4H3,(H,31,41)(H,33,43)(H,45,46)(H,32,34,42)/b36-18-/t15-,16-,19+,25-/m0/s1. The molecule has 0 unspecified atom stereocenters. The average molecular weight is 753 g/mol. The number of carbonyl (C=O) groups is 5. The Bertz CT molecular complexity index is 1640. The molecule has 19 nitrogen and oxygen atoms in total. The number of unbranched alkanes of at least 4 members (excludes halogenated alkanes) is 1. The molecule has 4 rings (SSSR count). The van der Waals surface area contributed by atoms with Crippen molar-refractivity contribution in [3.05, 3.63) is 22.3 Å². The highest BCUT2D eigenvalue weighted by molar-refractivity contribution is 8.01. The first-order valence-corrected chi connectivity index (χ1v) is 18.5. The van der Waals surface area contributed by atoms with Crippen LogP contribution in [0.25, 0.3) is 0 Å². The van der Waals surface area contributed by atoms with E-state index in [9.17, 15) is 29.1 Å². The highest BCUT2D eigenvalue weighted by Gasteiger charge is 2.54. The van der Waals surface area contributed by atoms with Crippen molar-refractivity contribution in [1.82, 2.24) is 40.7 Å². The van der Waals surface area contributed by atoms with Gasteiger partial charge in [-0.25, -0.2) is 14.5 Å². The van der Waals surface area contributed by atoms with Crippen molar-refractivity contribution < 1.29 is 33.9 Å². The molecule has 0 saturated carbocycles. The monoisotopic (exact) mass is 752 g/mol. The van der Waals surface area contributed by atoms with Gasteiger partial charge in [-0.1, -0.05) is 30.8 Å². The van der Waals surface area contributed by atoms with Crippen LogP contribution in [0.4, 0.5) is 5.13 Å². The molecule has 4 atom stereocenters. The second-order valence-electron chi connectivity index (χ2n) is 11.7. The summed E-state index contributed by atoms with van der Waals surface area (Å²) in [5, 5.41) is 34.4. The Kier molecular flexibility index (Phi) is 13.7. The van der Waals surface area contributed by atoms with Crippen LogP contribution in [-0.2, 0) is 35.9 Å². The number of aromatic nitrogens is 5. The fourth-order valence-corrected chi connectivity index (χ4v) is 8.12. The number of carboxylic acid groups (broad SMARTS) is 1. The van der Waals surface area contributed by atoms with Crippen LogP contribution in [0.1, 0.15) is 45.2 Å². The fraction of sp³-hybridized carbons (Fsp3) is 0.571. The Morgan fingerprint density at radius 1 is 1.24 bits per heavy atom. The van der Waals surface area contributed by atoms with Gasteiger partial charge in [0.25, 0.3) is 11.8 Å². The van der Waals surface area contributed by atoms with Crippen LogP contribution in [0.2, 0.25) is 0 Å². The summed E-state index contributed by atoms with van der Waals surface area (Å²) in [4.78, 5) is 75.2. The minimum atomic E-state index is -1.27. The van der Waals surface area contributed by atoms with Crippen molar-refractivity contribution in [2.45, 2.75) is 68.2 Å². The molecule has 8 N–H and O–H groups in total. The first-order valence-electron chi connectivity index (χ1n) is 15.6. The Morgan fingerprint density at radius 2 is 2.00 bits per heavy atom. The number of thioether (sulfide) groups is 2. The number of aliphatic carboxylic acids is 1. The molecular weight excluding hydrogens is 713 g/mol. The maximum Gasteiger partial charge on any atom is 0.352 e. The predicted octanol–water partition coefficient (Wildman–Crippen LogP) is -0.526. The summed E-state index contributed by atoms with van der Waals surface area (Å²) in [7, 11) is 2.89. The molecule has 0 spiro atoms. The van der Waals surface area contributed by atoms with E-state index in [4.69, 9.17) is 16.3 Å². The molecule has 22 heteroatoms. The topological polar surface area (TPSA) is 275 Å².